The topological polar surface area (TPSA) is 57.4 Å². The largest absolute Gasteiger partial charge is 0.454 e. The van der Waals surface area contributed by atoms with E-state index in [1.54, 1.807) is 11.3 Å². The summed E-state index contributed by atoms with van der Waals surface area (Å²) in [6.45, 7) is 2.28. The quantitative estimate of drug-likeness (QED) is 0.923. The van der Waals surface area contributed by atoms with Crippen molar-refractivity contribution < 1.29 is 9.47 Å². The summed E-state index contributed by atoms with van der Waals surface area (Å²) in [6.07, 6.45) is 0.807. The second-order valence-electron chi connectivity index (χ2n) is 4.39. The van der Waals surface area contributed by atoms with Gasteiger partial charge in [-0.15, -0.1) is 11.3 Å². The molecule has 0 spiro atoms. The highest BCUT2D eigenvalue weighted by Gasteiger charge is 2.15. The zero-order valence-electron chi connectivity index (χ0n) is 10.1. The molecule has 94 valence electrons. The highest BCUT2D eigenvalue weighted by atomic mass is 32.1. The number of nitrogens with zero attached hydrogens (tertiary/aromatic N) is 1. The lowest BCUT2D eigenvalue weighted by atomic mass is 10.2. The van der Waals surface area contributed by atoms with E-state index < -0.39 is 0 Å². The van der Waals surface area contributed by atoms with Gasteiger partial charge in [0.2, 0.25) is 6.79 Å². The van der Waals surface area contributed by atoms with E-state index in [1.807, 2.05) is 25.1 Å². The van der Waals surface area contributed by atoms with Crippen LogP contribution in [0.3, 0.4) is 0 Å². The van der Waals surface area contributed by atoms with Crippen molar-refractivity contribution in [2.24, 2.45) is 5.73 Å². The Labute approximate surface area is 109 Å². The molecular formula is C13H14N2O2S. The molecule has 1 aromatic carbocycles. The summed E-state index contributed by atoms with van der Waals surface area (Å²) in [7, 11) is 0. The van der Waals surface area contributed by atoms with Gasteiger partial charge >= 0.3 is 0 Å². The van der Waals surface area contributed by atoms with Gasteiger partial charge in [-0.05, 0) is 25.1 Å². The molecule has 0 saturated carbocycles. The van der Waals surface area contributed by atoms with E-state index in [9.17, 15) is 0 Å². The molecule has 1 aliphatic rings. The molecule has 4 nitrogen and oxygen atoms in total. The first kappa shape index (κ1) is 11.5. The molecule has 1 aromatic heterocycles. The smallest absolute Gasteiger partial charge is 0.231 e. The lowest BCUT2D eigenvalue weighted by molar-refractivity contribution is 0.174. The second-order valence-corrected chi connectivity index (χ2v) is 5.25. The van der Waals surface area contributed by atoms with Crippen molar-refractivity contribution in [3.63, 3.8) is 0 Å². The van der Waals surface area contributed by atoms with Crippen molar-refractivity contribution in [3.8, 4) is 22.1 Å². The number of nitrogens with two attached hydrogens (primary N) is 1. The van der Waals surface area contributed by atoms with Gasteiger partial charge in [-0.1, -0.05) is 0 Å². The van der Waals surface area contributed by atoms with Gasteiger partial charge in [-0.2, -0.15) is 0 Å². The van der Waals surface area contributed by atoms with E-state index in [-0.39, 0.29) is 6.04 Å². The normalized spacial score (nSPS) is 14.8. The fourth-order valence-electron chi connectivity index (χ4n) is 1.89. The zero-order valence-corrected chi connectivity index (χ0v) is 10.9. The summed E-state index contributed by atoms with van der Waals surface area (Å²) >= 11 is 1.63. The van der Waals surface area contributed by atoms with Gasteiger partial charge in [0.1, 0.15) is 5.01 Å². The third kappa shape index (κ3) is 2.19. The molecule has 2 aromatic rings. The van der Waals surface area contributed by atoms with Crippen LogP contribution in [0.5, 0.6) is 11.5 Å². The monoisotopic (exact) mass is 262 g/mol. The van der Waals surface area contributed by atoms with Crippen LogP contribution in [-0.4, -0.2) is 17.8 Å². The lowest BCUT2D eigenvalue weighted by Gasteiger charge is -2.01. The third-order valence-electron chi connectivity index (χ3n) is 2.70. The minimum Gasteiger partial charge on any atom is -0.454 e. The van der Waals surface area contributed by atoms with Crippen LogP contribution in [0.4, 0.5) is 0 Å². The first-order chi connectivity index (χ1) is 8.72. The minimum absolute atomic E-state index is 0.136. The van der Waals surface area contributed by atoms with E-state index in [1.165, 1.54) is 0 Å². The molecule has 1 aliphatic heterocycles. The standard InChI is InChI=1S/C13H14N2O2S/c1-8(14)4-10-6-18-13(15-10)9-2-3-11-12(5-9)17-7-16-11/h2-3,5-6,8H,4,7,14H2,1H3. The Morgan fingerprint density at radius 1 is 1.39 bits per heavy atom. The molecule has 0 bridgehead atoms. The SMILES string of the molecule is CC(N)Cc1csc(-c2ccc3c(c2)OCO3)n1. The van der Waals surface area contributed by atoms with Gasteiger partial charge in [0.05, 0.1) is 5.69 Å². The van der Waals surface area contributed by atoms with Crippen LogP contribution in [0.15, 0.2) is 23.6 Å². The Bertz CT molecular complexity index is 566. The Hall–Kier alpha value is -1.59. The number of thiazole rings is 1. The molecule has 0 aliphatic carbocycles. The molecule has 0 fully saturated rings. The van der Waals surface area contributed by atoms with Gasteiger partial charge in [-0.25, -0.2) is 4.98 Å². The van der Waals surface area contributed by atoms with Gasteiger partial charge in [0, 0.05) is 23.4 Å². The summed E-state index contributed by atoms with van der Waals surface area (Å²) in [5.74, 6) is 1.59. The highest BCUT2D eigenvalue weighted by molar-refractivity contribution is 7.13. The molecule has 18 heavy (non-hydrogen) atoms. The molecule has 1 unspecified atom stereocenters. The van der Waals surface area contributed by atoms with Crippen LogP contribution in [0.2, 0.25) is 0 Å². The van der Waals surface area contributed by atoms with Gasteiger partial charge in [0.15, 0.2) is 11.5 Å². The second kappa shape index (κ2) is 4.59. The average molecular weight is 262 g/mol. The highest BCUT2D eigenvalue weighted by Crippen LogP contribution is 2.36. The van der Waals surface area contributed by atoms with E-state index in [2.05, 4.69) is 10.4 Å². The number of rotatable bonds is 3. The van der Waals surface area contributed by atoms with E-state index in [0.717, 1.165) is 34.2 Å². The molecule has 1 atom stereocenters. The Balaban J connectivity index is 1.88. The van der Waals surface area contributed by atoms with Gasteiger partial charge in [-0.3, -0.25) is 0 Å². The minimum atomic E-state index is 0.136. The van der Waals surface area contributed by atoms with Gasteiger partial charge < -0.3 is 15.2 Å². The molecule has 3 rings (SSSR count). The fourth-order valence-corrected chi connectivity index (χ4v) is 2.72. The van der Waals surface area contributed by atoms with Crippen LogP contribution in [0.25, 0.3) is 10.6 Å². The van der Waals surface area contributed by atoms with Crippen LogP contribution in [-0.2, 0) is 6.42 Å². The molecule has 5 heteroatoms. The van der Waals surface area contributed by atoms with Crippen molar-refractivity contribution >= 4 is 11.3 Å². The number of hydrogen-bond acceptors (Lipinski definition) is 5. The van der Waals surface area contributed by atoms with Crippen LogP contribution < -0.4 is 15.2 Å². The van der Waals surface area contributed by atoms with Crippen molar-refractivity contribution in [1.29, 1.82) is 0 Å². The van der Waals surface area contributed by atoms with Crippen molar-refractivity contribution in [2.45, 2.75) is 19.4 Å². The maximum absolute atomic E-state index is 5.77. The van der Waals surface area contributed by atoms with Crippen molar-refractivity contribution in [1.82, 2.24) is 4.98 Å². The zero-order chi connectivity index (χ0) is 12.5. The number of hydrogen-bond donors (Lipinski definition) is 1. The number of benzene rings is 1. The average Bonchev–Trinajstić information content (AvgIpc) is 2.95. The molecular weight excluding hydrogens is 248 g/mol. The maximum Gasteiger partial charge on any atom is 0.231 e. The predicted octanol–water partition coefficient (Wildman–Crippen LogP) is 2.43. The van der Waals surface area contributed by atoms with E-state index >= 15 is 0 Å². The molecule has 0 saturated heterocycles. The predicted molar refractivity (Wildman–Crippen MR) is 71.0 cm³/mol. The summed E-state index contributed by atoms with van der Waals surface area (Å²) in [4.78, 5) is 4.59. The van der Waals surface area contributed by atoms with Crippen molar-refractivity contribution in [2.75, 3.05) is 6.79 Å². The molecule has 0 amide bonds. The Morgan fingerprint density at radius 2 is 2.22 bits per heavy atom. The number of fused-ring (bicyclic) bond motifs is 1. The third-order valence-corrected chi connectivity index (χ3v) is 3.64. The molecule has 2 heterocycles. The van der Waals surface area contributed by atoms with E-state index in [4.69, 9.17) is 15.2 Å². The summed E-state index contributed by atoms with van der Waals surface area (Å²) in [5, 5.41) is 3.05. The van der Waals surface area contributed by atoms with Crippen LogP contribution >= 0.6 is 11.3 Å². The summed E-state index contributed by atoms with van der Waals surface area (Å²) in [6, 6.07) is 6.03. The van der Waals surface area contributed by atoms with Crippen molar-refractivity contribution in [3.05, 3.63) is 29.3 Å². The first-order valence-electron chi connectivity index (χ1n) is 5.82. The van der Waals surface area contributed by atoms with Crippen LogP contribution in [0, 0.1) is 0 Å². The maximum atomic E-state index is 5.77. The first-order valence-corrected chi connectivity index (χ1v) is 6.70. The summed E-state index contributed by atoms with van der Waals surface area (Å²) < 4.78 is 10.7. The number of aromatic nitrogens is 1. The Kier molecular flexibility index (Phi) is 2.93. The van der Waals surface area contributed by atoms with E-state index in [0.29, 0.717) is 6.79 Å². The number of ether oxygens (including phenoxy) is 2. The Morgan fingerprint density at radius 3 is 3.06 bits per heavy atom. The fraction of sp³-hybridized carbons (Fsp3) is 0.308. The summed E-state index contributed by atoms with van der Waals surface area (Å²) in [5.41, 5.74) is 7.87. The lowest BCUT2D eigenvalue weighted by Crippen LogP contribution is -2.17. The van der Waals surface area contributed by atoms with Gasteiger partial charge in [0.25, 0.3) is 0 Å². The molecule has 2 N–H and O–H groups in total. The molecule has 0 radical (unpaired) electrons. The van der Waals surface area contributed by atoms with Crippen LogP contribution in [0.1, 0.15) is 12.6 Å².